The van der Waals surface area contributed by atoms with E-state index in [1.54, 1.807) is 30.3 Å². The maximum absolute atomic E-state index is 14.4. The largest absolute Gasteiger partial charge is 0.453 e. The fraction of sp³-hybridized carbons (Fsp3) is 0.588. The van der Waals surface area contributed by atoms with Crippen LogP contribution < -0.4 is 27.8 Å². The number of methoxy groups -OCH3 is 1. The van der Waals surface area contributed by atoms with E-state index in [4.69, 9.17) is 26.7 Å². The van der Waals surface area contributed by atoms with Gasteiger partial charge in [-0.25, -0.2) is 19.4 Å². The van der Waals surface area contributed by atoms with Crippen molar-refractivity contribution in [3.8, 4) is 0 Å². The minimum absolute atomic E-state index is 0.0367. The first-order valence-corrected chi connectivity index (χ1v) is 17.0. The van der Waals surface area contributed by atoms with Crippen LogP contribution in [-0.4, -0.2) is 80.7 Å². The number of rotatable bonds is 17. The summed E-state index contributed by atoms with van der Waals surface area (Å²) in [5, 5.41) is 29.1. The molecule has 0 bridgehead atoms. The lowest BCUT2D eigenvalue weighted by atomic mass is 9.54. The zero-order valence-electron chi connectivity index (χ0n) is 28.2. The Morgan fingerprint density at radius 3 is 2.20 bits per heavy atom. The molecule has 3 unspecified atom stereocenters. The Labute approximate surface area is 290 Å². The molecule has 2 fully saturated rings. The van der Waals surface area contributed by atoms with Crippen LogP contribution in [0.25, 0.3) is 0 Å². The Morgan fingerprint density at radius 1 is 0.980 bits per heavy atom. The summed E-state index contributed by atoms with van der Waals surface area (Å²) in [5.41, 5.74) is 13.8. The second-order valence-corrected chi connectivity index (χ2v) is 13.5. The Bertz CT molecular complexity index is 1470. The number of carbonyl (C=O) groups is 5. The first kappa shape index (κ1) is 38.1. The molecule has 16 heteroatoms. The number of carbonyl (C=O) groups excluding carboxylic acids is 5. The van der Waals surface area contributed by atoms with Gasteiger partial charge in [0.05, 0.1) is 37.1 Å². The maximum atomic E-state index is 14.4. The summed E-state index contributed by atoms with van der Waals surface area (Å²) in [6, 6.07) is 8.84. The predicted octanol–water partition coefficient (Wildman–Crippen LogP) is 1.53. The number of aliphatic hydroxyl groups is 2. The van der Waals surface area contributed by atoms with E-state index in [1.165, 1.54) is 12.5 Å². The Hall–Kier alpha value is -4.70. The number of nitrogens with zero attached hydrogens (tertiary/aromatic N) is 1. The molecule has 274 valence electrons. The molecule has 50 heavy (non-hydrogen) atoms. The number of imidazole rings is 1. The van der Waals surface area contributed by atoms with E-state index in [2.05, 4.69) is 20.6 Å². The Morgan fingerprint density at radius 2 is 1.66 bits per heavy atom. The van der Waals surface area contributed by atoms with Gasteiger partial charge in [0.15, 0.2) is 0 Å². The van der Waals surface area contributed by atoms with Gasteiger partial charge in [-0.15, -0.1) is 0 Å². The quantitative estimate of drug-likeness (QED) is 0.110. The summed E-state index contributed by atoms with van der Waals surface area (Å²) in [5.74, 6) is -5.84. The predicted molar refractivity (Wildman–Crippen MR) is 179 cm³/mol. The van der Waals surface area contributed by atoms with Crippen molar-refractivity contribution in [1.82, 2.24) is 20.6 Å². The molecule has 2 aromatic rings. The van der Waals surface area contributed by atoms with Crippen LogP contribution in [0.4, 0.5) is 14.4 Å². The van der Waals surface area contributed by atoms with Crippen LogP contribution in [0, 0.1) is 23.7 Å². The van der Waals surface area contributed by atoms with Crippen LogP contribution in [0.1, 0.15) is 69.0 Å². The smallest absolute Gasteiger partial charge is 0.416 e. The second kappa shape index (κ2) is 16.8. The number of hydrogen-bond donors (Lipinski definition) is 8. The highest BCUT2D eigenvalue weighted by atomic mass is 16.6. The molecule has 0 radical (unpaired) electrons. The molecular formula is C34H49N7O9. The monoisotopic (exact) mass is 699 g/mol. The van der Waals surface area contributed by atoms with Crippen molar-refractivity contribution < 1.29 is 43.7 Å². The number of aromatic amines is 1. The van der Waals surface area contributed by atoms with Crippen molar-refractivity contribution in [2.75, 3.05) is 7.11 Å². The van der Waals surface area contributed by atoms with Crippen molar-refractivity contribution in [2.45, 2.75) is 93.9 Å². The highest BCUT2D eigenvalue weighted by Gasteiger charge is 2.68. The second-order valence-electron chi connectivity index (χ2n) is 13.5. The van der Waals surface area contributed by atoms with Crippen molar-refractivity contribution in [2.24, 2.45) is 40.9 Å². The van der Waals surface area contributed by atoms with E-state index in [0.29, 0.717) is 36.9 Å². The minimum Gasteiger partial charge on any atom is -0.453 e. The number of aliphatic hydroxyl groups excluding tert-OH is 2. The summed E-state index contributed by atoms with van der Waals surface area (Å²) < 4.78 is 9.74. The standard InChI is InChI=1S/C34H49N7O9/c1-49-31(47)40-33(29(36)45,15-14-20-8-4-2-5-9-20)34(41-32(48)50-30(37)46,25(28(35)44)17-23-18-38-19-39-23)24(16-21-10-6-3-7-11-21)27(43)26(42)22-12-13-22/h2,4-5,8-9,18-19,21-22,24-27,42-43H,3,6-7,10-17H2,1H3,(H2,35,44)(H2,36,45)(H2,37,46)(H,38,39)(H,40,47)(H,41,48)/t24-,25?,26+,27-,33?,34?/m1/s1. The van der Waals surface area contributed by atoms with Gasteiger partial charge in [-0.1, -0.05) is 62.4 Å². The third-order valence-corrected chi connectivity index (χ3v) is 10.4. The van der Waals surface area contributed by atoms with Gasteiger partial charge in [-0.05, 0) is 49.5 Å². The van der Waals surface area contributed by atoms with Gasteiger partial charge >= 0.3 is 18.3 Å². The van der Waals surface area contributed by atoms with E-state index in [9.17, 15) is 34.2 Å². The van der Waals surface area contributed by atoms with E-state index < -0.39 is 65.2 Å². The van der Waals surface area contributed by atoms with Crippen molar-refractivity contribution in [3.05, 3.63) is 54.1 Å². The number of amides is 5. The lowest BCUT2D eigenvalue weighted by Crippen LogP contribution is -2.83. The average molecular weight is 700 g/mol. The molecule has 2 aliphatic carbocycles. The molecule has 5 amide bonds. The number of nitrogens with two attached hydrogens (primary N) is 3. The molecule has 2 aliphatic rings. The number of aromatic nitrogens is 2. The van der Waals surface area contributed by atoms with Gasteiger partial charge in [0.2, 0.25) is 11.8 Å². The van der Waals surface area contributed by atoms with Gasteiger partial charge in [0, 0.05) is 24.2 Å². The fourth-order valence-corrected chi connectivity index (χ4v) is 7.84. The molecular weight excluding hydrogens is 650 g/mol. The first-order chi connectivity index (χ1) is 23.8. The first-order valence-electron chi connectivity index (χ1n) is 17.0. The normalized spacial score (nSPS) is 19.7. The van der Waals surface area contributed by atoms with Crippen molar-refractivity contribution in [3.63, 3.8) is 0 Å². The lowest BCUT2D eigenvalue weighted by Gasteiger charge is -2.57. The number of benzene rings is 1. The minimum atomic E-state index is -2.50. The van der Waals surface area contributed by atoms with Crippen LogP contribution in [0.5, 0.6) is 0 Å². The van der Waals surface area contributed by atoms with Crippen LogP contribution in [0.3, 0.4) is 0 Å². The molecule has 1 aromatic heterocycles. The molecule has 0 saturated heterocycles. The summed E-state index contributed by atoms with van der Waals surface area (Å²) >= 11 is 0. The molecule has 11 N–H and O–H groups in total. The van der Waals surface area contributed by atoms with E-state index in [1.807, 2.05) is 0 Å². The van der Waals surface area contributed by atoms with E-state index >= 15 is 0 Å². The summed E-state index contributed by atoms with van der Waals surface area (Å²) in [6.45, 7) is 0. The SMILES string of the molecule is COC(=O)NC(CCc1ccccc1)(C(N)=O)C(NC(=O)OC(N)=O)(C(Cc1cnc[nH]1)C(N)=O)[C@H](CC1CCCCC1)[C@@H](O)[C@@H](O)C1CC1. The number of ether oxygens (including phenoxy) is 2. The van der Waals surface area contributed by atoms with Crippen LogP contribution >= 0.6 is 0 Å². The molecule has 16 nitrogen and oxygen atoms in total. The highest BCUT2D eigenvalue weighted by Crippen LogP contribution is 2.49. The van der Waals surface area contributed by atoms with Crippen LogP contribution in [0.2, 0.25) is 0 Å². The molecule has 1 heterocycles. The number of nitrogens with one attached hydrogen (secondary N) is 3. The molecule has 1 aromatic carbocycles. The molecule has 0 aliphatic heterocycles. The third kappa shape index (κ3) is 8.71. The number of alkyl carbamates (subject to hydrolysis) is 2. The Balaban J connectivity index is 2.11. The third-order valence-electron chi connectivity index (χ3n) is 10.4. The van der Waals surface area contributed by atoms with Crippen LogP contribution in [-0.2, 0) is 31.9 Å². The number of aryl methyl sites for hydroxylation is 1. The summed E-state index contributed by atoms with van der Waals surface area (Å²) in [7, 11) is 1.05. The highest BCUT2D eigenvalue weighted by molar-refractivity contribution is 5.94. The number of primary amides is 3. The molecule has 2 saturated carbocycles. The molecule has 0 spiro atoms. The van der Waals surface area contributed by atoms with Crippen molar-refractivity contribution >= 4 is 30.1 Å². The zero-order valence-corrected chi connectivity index (χ0v) is 28.2. The summed E-state index contributed by atoms with van der Waals surface area (Å²) in [6.07, 6.45) is 0.110. The van der Waals surface area contributed by atoms with Crippen LogP contribution in [0.15, 0.2) is 42.9 Å². The van der Waals surface area contributed by atoms with Gasteiger partial charge in [0.1, 0.15) is 5.54 Å². The maximum Gasteiger partial charge on any atom is 0.416 e. The van der Waals surface area contributed by atoms with Gasteiger partial charge < -0.3 is 52.5 Å². The number of H-pyrrole nitrogens is 1. The van der Waals surface area contributed by atoms with E-state index in [-0.39, 0.29) is 37.5 Å². The summed E-state index contributed by atoms with van der Waals surface area (Å²) in [4.78, 5) is 74.4. The zero-order chi connectivity index (χ0) is 36.5. The fourth-order valence-electron chi connectivity index (χ4n) is 7.84. The Kier molecular flexibility index (Phi) is 12.8. The van der Waals surface area contributed by atoms with E-state index in [0.717, 1.165) is 26.4 Å². The topological polar surface area (TPSA) is 275 Å². The number of hydrogen-bond acceptors (Lipinski definition) is 10. The average Bonchev–Trinajstić information content (AvgIpc) is 3.81. The van der Waals surface area contributed by atoms with Gasteiger partial charge in [0.25, 0.3) is 0 Å². The molecule has 4 rings (SSSR count). The van der Waals surface area contributed by atoms with Gasteiger partial charge in [-0.3, -0.25) is 9.59 Å². The lowest BCUT2D eigenvalue weighted by molar-refractivity contribution is -0.147. The van der Waals surface area contributed by atoms with Gasteiger partial charge in [-0.2, -0.15) is 0 Å². The van der Waals surface area contributed by atoms with Crippen molar-refractivity contribution in [1.29, 1.82) is 0 Å². The molecule has 6 atom stereocenters.